The van der Waals surface area contributed by atoms with E-state index >= 15 is 0 Å². The summed E-state index contributed by atoms with van der Waals surface area (Å²) >= 11 is 0. The van der Waals surface area contributed by atoms with Crippen molar-refractivity contribution in [2.45, 2.75) is 58.2 Å². The van der Waals surface area contributed by atoms with Crippen molar-refractivity contribution >= 4 is 23.0 Å². The van der Waals surface area contributed by atoms with Crippen LogP contribution in [0.15, 0.2) is 48.8 Å². The van der Waals surface area contributed by atoms with E-state index in [-0.39, 0.29) is 19.0 Å². The Labute approximate surface area is 188 Å². The lowest BCUT2D eigenvalue weighted by Crippen LogP contribution is -2.45. The molecule has 0 radical (unpaired) electrons. The first kappa shape index (κ1) is 22.0. The number of aryl methyl sites for hydroxylation is 2. The highest BCUT2D eigenvalue weighted by molar-refractivity contribution is 6.07. The minimum atomic E-state index is -1.08. The maximum atomic E-state index is 13.5. The Balaban J connectivity index is 1.54. The molecule has 0 bridgehead atoms. The van der Waals surface area contributed by atoms with Crippen molar-refractivity contribution in [3.8, 4) is 0 Å². The molecule has 1 aliphatic heterocycles. The molecule has 3 amide bonds. The van der Waals surface area contributed by atoms with Crippen LogP contribution in [0.4, 0.5) is 4.79 Å². The molecule has 1 fully saturated rings. The van der Waals surface area contributed by atoms with Gasteiger partial charge in [-0.1, -0.05) is 50.1 Å². The number of β-amino-alcohol motifs (C(OH)–C–C–N with tert-alkyl or cyclic N) is 1. The molecule has 7 heteroatoms. The molecular weight excluding hydrogens is 404 g/mol. The summed E-state index contributed by atoms with van der Waals surface area (Å²) in [6, 6.07) is 13.0. The van der Waals surface area contributed by atoms with Crippen LogP contribution in [0.3, 0.4) is 0 Å². The largest absolute Gasteiger partial charge is 0.389 e. The van der Waals surface area contributed by atoms with Gasteiger partial charge in [-0.2, -0.15) is 0 Å². The average molecular weight is 435 g/mol. The molecule has 2 heterocycles. The summed E-state index contributed by atoms with van der Waals surface area (Å²) in [5.41, 5.74) is 3.78. The van der Waals surface area contributed by atoms with Crippen molar-refractivity contribution in [2.24, 2.45) is 0 Å². The second-order valence-electron chi connectivity index (χ2n) is 8.70. The Morgan fingerprint density at radius 2 is 1.81 bits per heavy atom. The number of carbonyl (C=O) groups excluding carboxylic acids is 2. The number of urea groups is 1. The highest BCUT2D eigenvalue weighted by Gasteiger charge is 2.52. The number of hydrogen-bond donors (Lipinski definition) is 2. The van der Waals surface area contributed by atoms with Crippen molar-refractivity contribution in [1.29, 1.82) is 0 Å². The molecule has 7 nitrogen and oxygen atoms in total. The van der Waals surface area contributed by atoms with Crippen molar-refractivity contribution < 1.29 is 14.7 Å². The monoisotopic (exact) mass is 434 g/mol. The zero-order valence-electron chi connectivity index (χ0n) is 18.8. The Bertz CT molecular complexity index is 1140. The molecule has 32 heavy (non-hydrogen) atoms. The van der Waals surface area contributed by atoms with E-state index in [0.29, 0.717) is 6.42 Å². The number of nitrogens with one attached hydrogen (secondary N) is 1. The highest BCUT2D eigenvalue weighted by atomic mass is 16.3. The molecule has 0 saturated carbocycles. The molecule has 2 N–H and O–H groups in total. The maximum Gasteiger partial charge on any atom is 0.325 e. The van der Waals surface area contributed by atoms with Crippen LogP contribution in [0, 0.1) is 13.8 Å². The van der Waals surface area contributed by atoms with Crippen molar-refractivity contribution in [2.75, 3.05) is 6.54 Å². The van der Waals surface area contributed by atoms with Crippen molar-refractivity contribution in [3.63, 3.8) is 0 Å². The molecule has 2 aromatic carbocycles. The van der Waals surface area contributed by atoms with Crippen LogP contribution in [0.5, 0.6) is 0 Å². The van der Waals surface area contributed by atoms with Gasteiger partial charge in [0.25, 0.3) is 5.91 Å². The number of benzene rings is 2. The lowest BCUT2D eigenvalue weighted by atomic mass is 9.85. The lowest BCUT2D eigenvalue weighted by Gasteiger charge is -2.27. The summed E-state index contributed by atoms with van der Waals surface area (Å²) in [7, 11) is 0. The van der Waals surface area contributed by atoms with Gasteiger partial charge in [-0.25, -0.2) is 9.78 Å². The number of aliphatic hydroxyl groups excluding tert-OH is 1. The average Bonchev–Trinajstić information content (AvgIpc) is 3.26. The third-order valence-corrected chi connectivity index (χ3v) is 6.38. The van der Waals surface area contributed by atoms with Crippen LogP contribution >= 0.6 is 0 Å². The van der Waals surface area contributed by atoms with Crippen molar-refractivity contribution in [3.05, 3.63) is 65.5 Å². The molecule has 4 rings (SSSR count). The van der Waals surface area contributed by atoms with Crippen LogP contribution < -0.4 is 5.32 Å². The standard InChI is InChI=1S/C25H30N4O3/c1-4-5-11-25(19-9-7-6-8-10-19)23(31)29(24(32)27-25)15-20(30)14-28-16-26-21-12-17(2)18(3)13-22(21)28/h6-10,12-13,16,20,30H,4-5,11,14-15H2,1-3H3,(H,27,32). The van der Waals surface area contributed by atoms with E-state index in [2.05, 4.69) is 17.2 Å². The van der Waals surface area contributed by atoms with Gasteiger partial charge in [-0.3, -0.25) is 9.69 Å². The zero-order chi connectivity index (χ0) is 22.9. The van der Waals surface area contributed by atoms with Crippen LogP contribution in [0.1, 0.15) is 42.9 Å². The van der Waals surface area contributed by atoms with Crippen LogP contribution in [0.2, 0.25) is 0 Å². The van der Waals surface area contributed by atoms with E-state index in [9.17, 15) is 14.7 Å². The van der Waals surface area contributed by atoms with E-state index in [0.717, 1.165) is 45.5 Å². The smallest absolute Gasteiger partial charge is 0.325 e. The maximum absolute atomic E-state index is 13.5. The SMILES string of the molecule is CCCCC1(c2ccccc2)NC(=O)N(CC(O)Cn2cnc3cc(C)c(C)cc32)C1=O. The molecule has 168 valence electrons. The Kier molecular flexibility index (Phi) is 6.02. The minimum Gasteiger partial charge on any atom is -0.389 e. The molecule has 3 aromatic rings. The summed E-state index contributed by atoms with van der Waals surface area (Å²) in [5.74, 6) is -0.303. The minimum absolute atomic E-state index is 0.0735. The zero-order valence-corrected chi connectivity index (χ0v) is 18.8. The van der Waals surface area contributed by atoms with Gasteiger partial charge in [0.2, 0.25) is 0 Å². The topological polar surface area (TPSA) is 87.5 Å². The second kappa shape index (κ2) is 8.74. The lowest BCUT2D eigenvalue weighted by molar-refractivity contribution is -0.133. The molecule has 2 unspecified atom stereocenters. The first-order chi connectivity index (χ1) is 15.4. The summed E-state index contributed by atoms with van der Waals surface area (Å²) < 4.78 is 1.87. The van der Waals surface area contributed by atoms with Gasteiger partial charge in [0, 0.05) is 0 Å². The van der Waals surface area contributed by atoms with E-state index in [1.54, 1.807) is 6.33 Å². The number of carbonyl (C=O) groups is 2. The van der Waals surface area contributed by atoms with E-state index < -0.39 is 17.7 Å². The summed E-state index contributed by atoms with van der Waals surface area (Å²) in [6.07, 6.45) is 3.01. The number of nitrogens with zero attached hydrogens (tertiary/aromatic N) is 3. The number of aliphatic hydroxyl groups is 1. The second-order valence-corrected chi connectivity index (χ2v) is 8.70. The number of imidazole rings is 1. The van der Waals surface area contributed by atoms with E-state index in [1.165, 1.54) is 0 Å². The number of aromatic nitrogens is 2. The fraction of sp³-hybridized carbons (Fsp3) is 0.400. The fourth-order valence-corrected chi connectivity index (χ4v) is 4.42. The number of fused-ring (bicyclic) bond motifs is 1. The third-order valence-electron chi connectivity index (χ3n) is 6.38. The molecule has 1 aromatic heterocycles. The van der Waals surface area contributed by atoms with E-state index in [4.69, 9.17) is 0 Å². The van der Waals surface area contributed by atoms with Crippen LogP contribution in [-0.4, -0.2) is 44.1 Å². The highest BCUT2D eigenvalue weighted by Crippen LogP contribution is 2.34. The van der Waals surface area contributed by atoms with Gasteiger partial charge < -0.3 is 15.0 Å². The van der Waals surface area contributed by atoms with Crippen LogP contribution in [0.25, 0.3) is 11.0 Å². The van der Waals surface area contributed by atoms with Crippen molar-refractivity contribution in [1.82, 2.24) is 19.8 Å². The number of amides is 3. The predicted molar refractivity (Wildman–Crippen MR) is 123 cm³/mol. The summed E-state index contributed by atoms with van der Waals surface area (Å²) in [5, 5.41) is 13.7. The summed E-state index contributed by atoms with van der Waals surface area (Å²) in [4.78, 5) is 31.9. The number of unbranched alkanes of at least 4 members (excludes halogenated alkanes) is 1. The molecule has 1 saturated heterocycles. The van der Waals surface area contributed by atoms with Gasteiger partial charge in [-0.05, 0) is 49.1 Å². The van der Waals surface area contributed by atoms with E-state index in [1.807, 2.05) is 60.9 Å². The van der Waals surface area contributed by atoms with Gasteiger partial charge in [-0.15, -0.1) is 0 Å². The Morgan fingerprint density at radius 1 is 1.09 bits per heavy atom. The number of hydrogen-bond acceptors (Lipinski definition) is 4. The van der Waals surface area contributed by atoms with Gasteiger partial charge >= 0.3 is 6.03 Å². The Hall–Kier alpha value is -3.19. The van der Waals surface area contributed by atoms with Gasteiger partial charge in [0.05, 0.1) is 36.6 Å². The molecule has 1 aliphatic rings. The summed E-state index contributed by atoms with van der Waals surface area (Å²) in [6.45, 7) is 6.30. The van der Waals surface area contributed by atoms with Gasteiger partial charge in [0.1, 0.15) is 5.54 Å². The third kappa shape index (κ3) is 3.88. The first-order valence-corrected chi connectivity index (χ1v) is 11.2. The molecule has 0 aliphatic carbocycles. The normalized spacial score (nSPS) is 19.6. The first-order valence-electron chi connectivity index (χ1n) is 11.2. The predicted octanol–water partition coefficient (Wildman–Crippen LogP) is 3.65. The van der Waals surface area contributed by atoms with Crippen LogP contribution in [-0.2, 0) is 16.9 Å². The molecular formula is C25H30N4O3. The Morgan fingerprint density at radius 3 is 2.53 bits per heavy atom. The fourth-order valence-electron chi connectivity index (χ4n) is 4.42. The number of rotatable bonds is 8. The van der Waals surface area contributed by atoms with Gasteiger partial charge in [0.15, 0.2) is 0 Å². The molecule has 2 atom stereocenters. The number of imide groups is 1. The quantitative estimate of drug-likeness (QED) is 0.530. The molecule has 0 spiro atoms.